The molecule has 2 aliphatic heterocycles. The van der Waals surface area contributed by atoms with Crippen LogP contribution < -0.4 is 4.74 Å². The first-order valence-electron chi connectivity index (χ1n) is 11.7. The normalized spacial score (nSPS) is 21.6. The number of carbonyl (C=O) groups is 2. The van der Waals surface area contributed by atoms with Crippen molar-refractivity contribution in [3.8, 4) is 5.75 Å². The molecule has 1 aromatic heterocycles. The smallest absolute Gasteiger partial charge is 0.236 e. The van der Waals surface area contributed by atoms with Crippen LogP contribution in [0.4, 0.5) is 0 Å². The average Bonchev–Trinajstić information content (AvgIpc) is 3.26. The van der Waals surface area contributed by atoms with E-state index in [2.05, 4.69) is 28.5 Å². The van der Waals surface area contributed by atoms with Gasteiger partial charge in [0.05, 0.1) is 19.7 Å². The highest BCUT2D eigenvalue weighted by molar-refractivity contribution is 7.10. The van der Waals surface area contributed by atoms with Crippen molar-refractivity contribution in [3.05, 3.63) is 51.7 Å². The lowest BCUT2D eigenvalue weighted by molar-refractivity contribution is -0.148. The molecule has 2 aromatic rings. The Morgan fingerprint density at radius 2 is 1.82 bits per heavy atom. The number of methoxy groups -OCH3 is 1. The van der Waals surface area contributed by atoms with Crippen molar-refractivity contribution in [2.75, 3.05) is 39.8 Å². The molecule has 0 N–H and O–H groups in total. The zero-order chi connectivity index (χ0) is 23.8. The van der Waals surface area contributed by atoms with Crippen LogP contribution in [0.25, 0.3) is 0 Å². The molecular formula is C26H35N3O3S. The highest BCUT2D eigenvalue weighted by atomic mass is 32.1. The second kappa shape index (κ2) is 9.47. The van der Waals surface area contributed by atoms with Gasteiger partial charge >= 0.3 is 0 Å². The third-order valence-electron chi connectivity index (χ3n) is 6.72. The molecule has 33 heavy (non-hydrogen) atoms. The third-order valence-corrected chi connectivity index (χ3v) is 7.71. The second-order valence-electron chi connectivity index (χ2n) is 10.1. The standard InChI is InChI=1S/C26H35N3O3S/c1-18-16-27(13-14-29(18)25(31)26(2,3)4)23(30)17-28-12-10-22-21(11-15-33-22)24(28)19-6-8-20(32-5)9-7-19/h6-9,11,15,18,24H,10,12-14,16-17H2,1-5H3/t18-,24-/m0/s1. The summed E-state index contributed by atoms with van der Waals surface area (Å²) in [7, 11) is 1.67. The molecule has 1 fully saturated rings. The molecule has 2 amide bonds. The van der Waals surface area contributed by atoms with Gasteiger partial charge in [0.25, 0.3) is 0 Å². The molecule has 3 heterocycles. The summed E-state index contributed by atoms with van der Waals surface area (Å²) >= 11 is 1.80. The number of piperazine rings is 1. The molecule has 0 bridgehead atoms. The first kappa shape index (κ1) is 23.8. The molecule has 0 spiro atoms. The molecule has 0 aliphatic carbocycles. The number of amides is 2. The van der Waals surface area contributed by atoms with Gasteiger partial charge in [0, 0.05) is 42.5 Å². The number of carbonyl (C=O) groups excluding carboxylic acids is 2. The Kier molecular flexibility index (Phi) is 6.82. The number of benzene rings is 1. The van der Waals surface area contributed by atoms with Crippen LogP contribution in [0.3, 0.4) is 0 Å². The zero-order valence-electron chi connectivity index (χ0n) is 20.3. The SMILES string of the molecule is COc1ccc([C@H]2c3ccsc3CCN2CC(=O)N2CCN(C(=O)C(C)(C)C)[C@@H](C)C2)cc1. The van der Waals surface area contributed by atoms with Gasteiger partial charge in [-0.05, 0) is 48.1 Å². The first-order chi connectivity index (χ1) is 15.7. The van der Waals surface area contributed by atoms with Gasteiger partial charge in [-0.15, -0.1) is 11.3 Å². The van der Waals surface area contributed by atoms with Crippen molar-refractivity contribution in [1.29, 1.82) is 0 Å². The Morgan fingerprint density at radius 3 is 2.45 bits per heavy atom. The van der Waals surface area contributed by atoms with Crippen LogP contribution in [0, 0.1) is 5.41 Å². The maximum atomic E-state index is 13.4. The van der Waals surface area contributed by atoms with Crippen molar-refractivity contribution in [3.63, 3.8) is 0 Å². The number of hydrogen-bond donors (Lipinski definition) is 0. The van der Waals surface area contributed by atoms with Gasteiger partial charge in [0.15, 0.2) is 0 Å². The largest absolute Gasteiger partial charge is 0.497 e. The van der Waals surface area contributed by atoms with Crippen LogP contribution in [-0.4, -0.2) is 72.4 Å². The number of hydrogen-bond acceptors (Lipinski definition) is 5. The molecule has 6 nitrogen and oxygen atoms in total. The van der Waals surface area contributed by atoms with Crippen LogP contribution in [0.1, 0.15) is 49.7 Å². The van der Waals surface area contributed by atoms with Gasteiger partial charge in [-0.1, -0.05) is 32.9 Å². The predicted octanol–water partition coefficient (Wildman–Crippen LogP) is 3.81. The Morgan fingerprint density at radius 1 is 1.09 bits per heavy atom. The number of thiophene rings is 1. The summed E-state index contributed by atoms with van der Waals surface area (Å²) in [6.07, 6.45) is 0.969. The third kappa shape index (κ3) is 4.94. The fourth-order valence-corrected chi connectivity index (χ4v) is 5.81. The number of fused-ring (bicyclic) bond motifs is 1. The minimum atomic E-state index is -0.405. The Labute approximate surface area is 201 Å². The molecule has 4 rings (SSSR count). The Hall–Kier alpha value is -2.38. The van der Waals surface area contributed by atoms with Gasteiger partial charge in [0.2, 0.25) is 11.8 Å². The van der Waals surface area contributed by atoms with Crippen LogP contribution in [-0.2, 0) is 16.0 Å². The van der Waals surface area contributed by atoms with Crippen LogP contribution in [0.15, 0.2) is 35.7 Å². The Balaban J connectivity index is 1.48. The molecule has 0 saturated carbocycles. The van der Waals surface area contributed by atoms with E-state index in [0.717, 1.165) is 18.7 Å². The van der Waals surface area contributed by atoms with Gasteiger partial charge < -0.3 is 14.5 Å². The maximum Gasteiger partial charge on any atom is 0.236 e. The summed E-state index contributed by atoms with van der Waals surface area (Å²) < 4.78 is 5.34. The summed E-state index contributed by atoms with van der Waals surface area (Å²) in [4.78, 5) is 33.7. The van der Waals surface area contributed by atoms with E-state index in [4.69, 9.17) is 4.74 Å². The summed E-state index contributed by atoms with van der Waals surface area (Å²) in [6, 6.07) is 10.5. The molecule has 2 aliphatic rings. The minimum absolute atomic E-state index is 0.0247. The van der Waals surface area contributed by atoms with E-state index in [1.54, 1.807) is 18.4 Å². The average molecular weight is 470 g/mol. The van der Waals surface area contributed by atoms with E-state index >= 15 is 0 Å². The number of ether oxygens (including phenoxy) is 1. The number of rotatable bonds is 4. The highest BCUT2D eigenvalue weighted by Gasteiger charge is 2.36. The van der Waals surface area contributed by atoms with Crippen molar-refractivity contribution in [1.82, 2.24) is 14.7 Å². The summed E-state index contributed by atoms with van der Waals surface area (Å²) in [5, 5.41) is 2.15. The molecule has 7 heteroatoms. The second-order valence-corrected chi connectivity index (χ2v) is 11.1. The van der Waals surface area contributed by atoms with E-state index < -0.39 is 5.41 Å². The lowest BCUT2D eigenvalue weighted by Gasteiger charge is -2.43. The predicted molar refractivity (Wildman–Crippen MR) is 132 cm³/mol. The van der Waals surface area contributed by atoms with Crippen molar-refractivity contribution in [2.24, 2.45) is 5.41 Å². The zero-order valence-corrected chi connectivity index (χ0v) is 21.2. The molecule has 2 atom stereocenters. The van der Waals surface area contributed by atoms with Gasteiger partial charge in [-0.25, -0.2) is 0 Å². The summed E-state index contributed by atoms with van der Waals surface area (Å²) in [5.41, 5.74) is 2.08. The van der Waals surface area contributed by atoms with E-state index in [-0.39, 0.29) is 23.9 Å². The van der Waals surface area contributed by atoms with Crippen LogP contribution >= 0.6 is 11.3 Å². The van der Waals surface area contributed by atoms with E-state index in [9.17, 15) is 9.59 Å². The van der Waals surface area contributed by atoms with Crippen molar-refractivity contribution >= 4 is 23.2 Å². The lowest BCUT2D eigenvalue weighted by Crippen LogP contribution is -2.58. The summed E-state index contributed by atoms with van der Waals surface area (Å²) in [5.74, 6) is 1.13. The Bertz CT molecular complexity index is 995. The van der Waals surface area contributed by atoms with Crippen molar-refractivity contribution < 1.29 is 14.3 Å². The van der Waals surface area contributed by atoms with E-state index in [1.807, 2.05) is 49.6 Å². The van der Waals surface area contributed by atoms with E-state index in [1.165, 1.54) is 16.0 Å². The topological polar surface area (TPSA) is 53.1 Å². The first-order valence-corrected chi connectivity index (χ1v) is 12.6. The molecule has 0 unspecified atom stereocenters. The molecule has 0 radical (unpaired) electrons. The molecule has 178 valence electrons. The highest BCUT2D eigenvalue weighted by Crippen LogP contribution is 2.38. The van der Waals surface area contributed by atoms with Gasteiger partial charge in [-0.3, -0.25) is 14.5 Å². The molecular weight excluding hydrogens is 434 g/mol. The van der Waals surface area contributed by atoms with Crippen molar-refractivity contribution in [2.45, 2.75) is 46.2 Å². The number of nitrogens with zero attached hydrogens (tertiary/aromatic N) is 3. The fourth-order valence-electron chi connectivity index (χ4n) is 4.91. The van der Waals surface area contributed by atoms with Crippen LogP contribution in [0.2, 0.25) is 0 Å². The lowest BCUT2D eigenvalue weighted by atomic mass is 9.93. The summed E-state index contributed by atoms with van der Waals surface area (Å²) in [6.45, 7) is 10.9. The van der Waals surface area contributed by atoms with E-state index in [0.29, 0.717) is 26.2 Å². The quantitative estimate of drug-likeness (QED) is 0.683. The fraction of sp³-hybridized carbons (Fsp3) is 0.538. The maximum absolute atomic E-state index is 13.4. The van der Waals surface area contributed by atoms with Gasteiger partial charge in [-0.2, -0.15) is 0 Å². The monoisotopic (exact) mass is 469 g/mol. The van der Waals surface area contributed by atoms with Gasteiger partial charge in [0.1, 0.15) is 5.75 Å². The van der Waals surface area contributed by atoms with Crippen LogP contribution in [0.5, 0.6) is 5.75 Å². The molecule has 1 saturated heterocycles. The molecule has 1 aromatic carbocycles. The minimum Gasteiger partial charge on any atom is -0.497 e.